The van der Waals surface area contributed by atoms with Crippen LogP contribution in [-0.2, 0) is 9.53 Å². The minimum Gasteiger partial charge on any atom is -0.481 e. The number of ether oxygens (including phenoxy) is 1. The molecule has 72 valence electrons. The third-order valence-corrected chi connectivity index (χ3v) is 2.65. The lowest BCUT2D eigenvalue weighted by Crippen LogP contribution is -2.35. The Balaban J connectivity index is 1.97. The Morgan fingerprint density at radius 2 is 2.31 bits per heavy atom. The van der Waals surface area contributed by atoms with E-state index in [9.17, 15) is 9.59 Å². The number of nitrogens with zero attached hydrogens (tertiary/aromatic N) is 1. The normalized spacial score (nSPS) is 24.3. The molecule has 0 spiro atoms. The molecule has 0 atom stereocenters. The van der Waals surface area contributed by atoms with Crippen LogP contribution >= 0.6 is 0 Å². The molecule has 13 heavy (non-hydrogen) atoms. The Morgan fingerprint density at radius 1 is 1.62 bits per heavy atom. The lowest BCUT2D eigenvalue weighted by Gasteiger charge is -2.17. The van der Waals surface area contributed by atoms with Gasteiger partial charge >= 0.3 is 12.1 Å². The molecular weight excluding hydrogens is 174 g/mol. The van der Waals surface area contributed by atoms with E-state index in [2.05, 4.69) is 0 Å². The zero-order valence-corrected chi connectivity index (χ0v) is 7.15. The van der Waals surface area contributed by atoms with Crippen molar-refractivity contribution in [2.24, 2.45) is 5.41 Å². The minimum atomic E-state index is -0.799. The van der Waals surface area contributed by atoms with Gasteiger partial charge in [-0.25, -0.2) is 4.79 Å². The molecule has 1 aliphatic heterocycles. The van der Waals surface area contributed by atoms with Gasteiger partial charge < -0.3 is 14.7 Å². The van der Waals surface area contributed by atoms with Crippen LogP contribution < -0.4 is 0 Å². The van der Waals surface area contributed by atoms with Gasteiger partial charge in [-0.3, -0.25) is 4.79 Å². The maximum absolute atomic E-state index is 11.0. The first-order valence-electron chi connectivity index (χ1n) is 4.29. The van der Waals surface area contributed by atoms with Gasteiger partial charge in [0.05, 0.1) is 12.0 Å². The summed E-state index contributed by atoms with van der Waals surface area (Å²) in [7, 11) is 0. The first kappa shape index (κ1) is 8.34. The lowest BCUT2D eigenvalue weighted by molar-refractivity contribution is -0.143. The van der Waals surface area contributed by atoms with Gasteiger partial charge in [-0.05, 0) is 12.8 Å². The molecule has 0 aromatic heterocycles. The molecule has 2 aliphatic rings. The van der Waals surface area contributed by atoms with E-state index in [1.165, 1.54) is 4.90 Å². The predicted molar refractivity (Wildman–Crippen MR) is 42.2 cm³/mol. The summed E-state index contributed by atoms with van der Waals surface area (Å²) < 4.78 is 4.71. The smallest absolute Gasteiger partial charge is 0.409 e. The van der Waals surface area contributed by atoms with Gasteiger partial charge in [0.1, 0.15) is 6.61 Å². The first-order valence-corrected chi connectivity index (χ1v) is 4.29. The molecule has 0 unspecified atom stereocenters. The monoisotopic (exact) mass is 185 g/mol. The molecule has 0 aromatic carbocycles. The average molecular weight is 185 g/mol. The molecule has 2 fully saturated rings. The molecule has 0 bridgehead atoms. The topological polar surface area (TPSA) is 66.8 Å². The minimum absolute atomic E-state index is 0.307. The number of rotatable bonds is 3. The van der Waals surface area contributed by atoms with Crippen LogP contribution in [0.2, 0.25) is 0 Å². The van der Waals surface area contributed by atoms with Crippen LogP contribution in [0.15, 0.2) is 0 Å². The van der Waals surface area contributed by atoms with Crippen molar-refractivity contribution in [1.82, 2.24) is 4.90 Å². The average Bonchev–Trinajstić information content (AvgIpc) is 2.74. The number of carboxylic acids is 1. The molecule has 2 rings (SSSR count). The summed E-state index contributed by atoms with van der Waals surface area (Å²) in [6.07, 6.45) is 0.964. The lowest BCUT2D eigenvalue weighted by atomic mass is 10.1. The van der Waals surface area contributed by atoms with E-state index in [0.29, 0.717) is 32.5 Å². The Hall–Kier alpha value is -1.26. The standard InChI is InChI=1S/C8H11NO4/c10-6(11)8(1-2-8)5-9-3-4-13-7(9)12/h1-5H2,(H,10,11). The van der Waals surface area contributed by atoms with Gasteiger partial charge in [-0.2, -0.15) is 0 Å². The summed E-state index contributed by atoms with van der Waals surface area (Å²) in [6.45, 7) is 1.21. The van der Waals surface area contributed by atoms with Crippen molar-refractivity contribution >= 4 is 12.1 Å². The van der Waals surface area contributed by atoms with Crippen LogP contribution in [0.1, 0.15) is 12.8 Å². The summed E-state index contributed by atoms with van der Waals surface area (Å²) in [5, 5.41) is 8.87. The van der Waals surface area contributed by atoms with E-state index in [-0.39, 0.29) is 6.09 Å². The van der Waals surface area contributed by atoms with Crippen molar-refractivity contribution in [3.05, 3.63) is 0 Å². The Bertz CT molecular complexity index is 259. The van der Waals surface area contributed by atoms with Crippen LogP contribution in [0.25, 0.3) is 0 Å². The van der Waals surface area contributed by atoms with Gasteiger partial charge in [-0.15, -0.1) is 0 Å². The molecule has 0 aromatic rings. The zero-order chi connectivity index (χ0) is 9.47. The van der Waals surface area contributed by atoms with Crippen molar-refractivity contribution in [1.29, 1.82) is 0 Å². The van der Waals surface area contributed by atoms with E-state index >= 15 is 0 Å². The number of amides is 1. The highest BCUT2D eigenvalue weighted by Gasteiger charge is 2.52. The van der Waals surface area contributed by atoms with Crippen molar-refractivity contribution < 1.29 is 19.4 Å². The zero-order valence-electron chi connectivity index (χ0n) is 7.15. The summed E-state index contributed by atoms with van der Waals surface area (Å²) in [5.74, 6) is -0.799. The summed E-state index contributed by atoms with van der Waals surface area (Å²) >= 11 is 0. The predicted octanol–water partition coefficient (Wildman–Crippen LogP) is 0.303. The van der Waals surface area contributed by atoms with Crippen LogP contribution in [0, 0.1) is 5.41 Å². The summed E-state index contributed by atoms with van der Waals surface area (Å²) in [5.41, 5.74) is -0.663. The second kappa shape index (κ2) is 2.61. The molecule has 1 N–H and O–H groups in total. The molecule has 1 heterocycles. The van der Waals surface area contributed by atoms with Gasteiger partial charge in [0.2, 0.25) is 0 Å². The van der Waals surface area contributed by atoms with Crippen LogP contribution in [0.4, 0.5) is 4.79 Å². The van der Waals surface area contributed by atoms with Crippen molar-refractivity contribution in [2.45, 2.75) is 12.8 Å². The quantitative estimate of drug-likeness (QED) is 0.686. The number of carbonyl (C=O) groups is 2. The molecule has 5 heteroatoms. The largest absolute Gasteiger partial charge is 0.481 e. The Kier molecular flexibility index (Phi) is 1.68. The van der Waals surface area contributed by atoms with E-state index in [1.54, 1.807) is 0 Å². The SMILES string of the molecule is O=C1OCCN1CC1(C(=O)O)CC1. The molecule has 1 saturated carbocycles. The number of cyclic esters (lactones) is 1. The van der Waals surface area contributed by atoms with Gasteiger partial charge in [-0.1, -0.05) is 0 Å². The van der Waals surface area contributed by atoms with Crippen LogP contribution in [0.3, 0.4) is 0 Å². The number of carboxylic acid groups (broad SMARTS) is 1. The number of hydrogen-bond donors (Lipinski definition) is 1. The molecule has 1 aliphatic carbocycles. The van der Waals surface area contributed by atoms with Crippen LogP contribution in [-0.4, -0.2) is 41.8 Å². The fraction of sp³-hybridized carbons (Fsp3) is 0.750. The molecule has 1 amide bonds. The van der Waals surface area contributed by atoms with E-state index in [4.69, 9.17) is 9.84 Å². The third kappa shape index (κ3) is 1.34. The number of aliphatic carboxylic acids is 1. The molecule has 5 nitrogen and oxygen atoms in total. The maximum Gasteiger partial charge on any atom is 0.409 e. The Labute approximate surface area is 75.3 Å². The molecule has 1 saturated heterocycles. The number of hydrogen-bond acceptors (Lipinski definition) is 3. The second-order valence-electron chi connectivity index (χ2n) is 3.62. The number of carbonyl (C=O) groups excluding carboxylic acids is 1. The summed E-state index contributed by atoms with van der Waals surface area (Å²) in [6, 6.07) is 0. The molecular formula is C8H11NO4. The van der Waals surface area contributed by atoms with Gasteiger partial charge in [0.15, 0.2) is 0 Å². The van der Waals surface area contributed by atoms with Crippen molar-refractivity contribution in [3.63, 3.8) is 0 Å². The summed E-state index contributed by atoms with van der Waals surface area (Å²) in [4.78, 5) is 23.3. The maximum atomic E-state index is 11.0. The third-order valence-electron chi connectivity index (χ3n) is 2.65. The van der Waals surface area contributed by atoms with Crippen molar-refractivity contribution in [3.8, 4) is 0 Å². The van der Waals surface area contributed by atoms with Crippen molar-refractivity contribution in [2.75, 3.05) is 19.7 Å². The fourth-order valence-corrected chi connectivity index (χ4v) is 1.53. The fourth-order valence-electron chi connectivity index (χ4n) is 1.53. The Morgan fingerprint density at radius 3 is 2.69 bits per heavy atom. The highest BCUT2D eigenvalue weighted by molar-refractivity contribution is 5.79. The van der Waals surface area contributed by atoms with E-state index in [1.807, 2.05) is 0 Å². The van der Waals surface area contributed by atoms with E-state index < -0.39 is 11.4 Å². The highest BCUT2D eigenvalue weighted by atomic mass is 16.6. The highest BCUT2D eigenvalue weighted by Crippen LogP contribution is 2.46. The second-order valence-corrected chi connectivity index (χ2v) is 3.62. The van der Waals surface area contributed by atoms with Gasteiger partial charge in [0, 0.05) is 6.54 Å². The molecule has 0 radical (unpaired) electrons. The van der Waals surface area contributed by atoms with Gasteiger partial charge in [0.25, 0.3) is 0 Å². The van der Waals surface area contributed by atoms with E-state index in [0.717, 1.165) is 0 Å². The van der Waals surface area contributed by atoms with Crippen LogP contribution in [0.5, 0.6) is 0 Å². The first-order chi connectivity index (χ1) is 6.14.